The zero-order valence-electron chi connectivity index (χ0n) is 6.81. The van der Waals surface area contributed by atoms with Gasteiger partial charge in [-0.1, -0.05) is 0 Å². The molecule has 0 saturated heterocycles. The molecule has 0 aliphatic heterocycles. The molecular weight excluding hydrogens is 248 g/mol. The van der Waals surface area contributed by atoms with Gasteiger partial charge in [-0.25, -0.2) is 12.8 Å². The van der Waals surface area contributed by atoms with Crippen LogP contribution in [-0.2, 0) is 9.05 Å². The molecule has 1 fully saturated rings. The molecule has 0 aromatic heterocycles. The van der Waals surface area contributed by atoms with Crippen molar-refractivity contribution < 1.29 is 26.0 Å². The average molecular weight is 255 g/mol. The molecule has 2 nitrogen and oxygen atoms in total. The van der Waals surface area contributed by atoms with Crippen molar-refractivity contribution in [3.63, 3.8) is 0 Å². The Morgan fingerprint density at radius 1 is 1.36 bits per heavy atom. The minimum Gasteiger partial charge on any atom is -0.234 e. The molecule has 2 atom stereocenters. The number of rotatable bonds is 1. The number of hydrogen-bond donors (Lipinski definition) is 0. The Labute approximate surface area is 82.7 Å². The molecular formula is C6H7ClF4O2S. The van der Waals surface area contributed by atoms with Crippen LogP contribution >= 0.6 is 10.7 Å². The van der Waals surface area contributed by atoms with E-state index in [1.807, 2.05) is 0 Å². The third kappa shape index (κ3) is 2.13. The molecule has 1 rings (SSSR count). The summed E-state index contributed by atoms with van der Waals surface area (Å²) in [6.45, 7) is 0. The van der Waals surface area contributed by atoms with Crippen LogP contribution in [0.2, 0.25) is 0 Å². The lowest BCUT2D eigenvalue weighted by Gasteiger charge is -2.22. The van der Waals surface area contributed by atoms with Gasteiger partial charge in [0.15, 0.2) is 0 Å². The Morgan fingerprint density at radius 2 is 1.86 bits per heavy atom. The van der Waals surface area contributed by atoms with E-state index in [9.17, 15) is 26.0 Å². The molecule has 8 heteroatoms. The summed E-state index contributed by atoms with van der Waals surface area (Å²) in [6.07, 6.45) is -7.35. The predicted octanol–water partition coefficient (Wildman–Crippen LogP) is 2.38. The monoisotopic (exact) mass is 254 g/mol. The van der Waals surface area contributed by atoms with Crippen molar-refractivity contribution in [1.29, 1.82) is 0 Å². The minimum absolute atomic E-state index is 0.387. The summed E-state index contributed by atoms with van der Waals surface area (Å²) < 4.78 is 70.8. The average Bonchev–Trinajstić information content (AvgIpc) is 2.29. The molecule has 0 aromatic carbocycles. The largest absolute Gasteiger partial charge is 0.422 e. The van der Waals surface area contributed by atoms with Gasteiger partial charge in [0.25, 0.3) is 0 Å². The van der Waals surface area contributed by atoms with Crippen LogP contribution in [0.25, 0.3) is 0 Å². The van der Waals surface area contributed by atoms with Gasteiger partial charge < -0.3 is 0 Å². The van der Waals surface area contributed by atoms with E-state index in [0.29, 0.717) is 0 Å². The normalized spacial score (nSPS) is 34.8. The van der Waals surface area contributed by atoms with Crippen molar-refractivity contribution in [2.75, 3.05) is 0 Å². The molecule has 0 amide bonds. The van der Waals surface area contributed by atoms with Crippen LogP contribution in [0.4, 0.5) is 17.6 Å². The first kappa shape index (κ1) is 12.0. The summed E-state index contributed by atoms with van der Waals surface area (Å²) in [6, 6.07) is 0. The van der Waals surface area contributed by atoms with Crippen LogP contribution < -0.4 is 0 Å². The maximum atomic E-state index is 13.2. The topological polar surface area (TPSA) is 34.1 Å². The van der Waals surface area contributed by atoms with Gasteiger partial charge in [0.05, 0.1) is 5.25 Å². The third-order valence-corrected chi connectivity index (χ3v) is 4.27. The summed E-state index contributed by atoms with van der Waals surface area (Å²) in [7, 11) is 0.753. The van der Waals surface area contributed by atoms with Crippen molar-refractivity contribution >= 4 is 19.7 Å². The van der Waals surface area contributed by atoms with Crippen LogP contribution in [-0.4, -0.2) is 25.5 Å². The standard InChI is InChI=1S/C6H7ClF4O2S/c7-14(12,13)4-1-2-5(8,3-4)6(9,10)11/h4H,1-3H2. The minimum atomic E-state index is -5.02. The molecule has 1 aliphatic rings. The Morgan fingerprint density at radius 3 is 2.07 bits per heavy atom. The smallest absolute Gasteiger partial charge is 0.234 e. The lowest BCUT2D eigenvalue weighted by atomic mass is 10.1. The molecule has 0 radical (unpaired) electrons. The van der Waals surface area contributed by atoms with Gasteiger partial charge in [-0.05, 0) is 12.8 Å². The summed E-state index contributed by atoms with van der Waals surface area (Å²) in [5, 5.41) is -1.43. The second kappa shape index (κ2) is 3.23. The van der Waals surface area contributed by atoms with E-state index in [2.05, 4.69) is 0 Å². The van der Waals surface area contributed by atoms with Crippen molar-refractivity contribution in [3.8, 4) is 0 Å². The molecule has 0 bridgehead atoms. The Bertz CT molecular complexity index is 325. The third-order valence-electron chi connectivity index (χ3n) is 2.32. The van der Waals surface area contributed by atoms with E-state index >= 15 is 0 Å². The fourth-order valence-electron chi connectivity index (χ4n) is 1.45. The highest BCUT2D eigenvalue weighted by molar-refractivity contribution is 8.14. The van der Waals surface area contributed by atoms with Gasteiger partial charge in [0.1, 0.15) is 0 Å². The zero-order valence-corrected chi connectivity index (χ0v) is 8.39. The van der Waals surface area contributed by atoms with Crippen LogP contribution in [0.15, 0.2) is 0 Å². The Balaban J connectivity index is 2.85. The lowest BCUT2D eigenvalue weighted by molar-refractivity contribution is -0.227. The van der Waals surface area contributed by atoms with E-state index in [4.69, 9.17) is 10.7 Å². The maximum Gasteiger partial charge on any atom is 0.422 e. The highest BCUT2D eigenvalue weighted by Crippen LogP contribution is 2.48. The Kier molecular flexibility index (Phi) is 2.78. The molecule has 0 spiro atoms. The van der Waals surface area contributed by atoms with Crippen LogP contribution in [0.1, 0.15) is 19.3 Å². The molecule has 1 aliphatic carbocycles. The summed E-state index contributed by atoms with van der Waals surface area (Å²) in [4.78, 5) is 0. The van der Waals surface area contributed by atoms with Crippen LogP contribution in [0.3, 0.4) is 0 Å². The van der Waals surface area contributed by atoms with E-state index in [1.165, 1.54) is 0 Å². The van der Waals surface area contributed by atoms with E-state index < -0.39 is 39.0 Å². The SMILES string of the molecule is O=S(=O)(Cl)C1CCC(F)(C(F)(F)F)C1. The molecule has 0 N–H and O–H groups in total. The molecule has 0 heterocycles. The molecule has 2 unspecified atom stereocenters. The number of hydrogen-bond acceptors (Lipinski definition) is 2. The Hall–Kier alpha value is -0.0400. The summed E-state index contributed by atoms with van der Waals surface area (Å²) >= 11 is 0. The van der Waals surface area contributed by atoms with Gasteiger partial charge in [0, 0.05) is 17.1 Å². The number of alkyl halides is 4. The van der Waals surface area contributed by atoms with E-state index in [1.54, 1.807) is 0 Å². The summed E-state index contributed by atoms with van der Waals surface area (Å²) in [5.74, 6) is 0. The van der Waals surface area contributed by atoms with Crippen molar-refractivity contribution in [3.05, 3.63) is 0 Å². The van der Waals surface area contributed by atoms with Gasteiger partial charge in [-0.2, -0.15) is 13.2 Å². The van der Waals surface area contributed by atoms with Crippen molar-refractivity contribution in [2.45, 2.75) is 36.4 Å². The van der Waals surface area contributed by atoms with Crippen LogP contribution in [0.5, 0.6) is 0 Å². The first-order valence-electron chi connectivity index (χ1n) is 3.75. The van der Waals surface area contributed by atoms with Crippen LogP contribution in [0, 0.1) is 0 Å². The number of halogens is 5. The first-order valence-corrected chi connectivity index (χ1v) is 6.13. The van der Waals surface area contributed by atoms with Gasteiger partial charge >= 0.3 is 6.18 Å². The van der Waals surface area contributed by atoms with Gasteiger partial charge in [-0.3, -0.25) is 0 Å². The van der Waals surface area contributed by atoms with Crippen molar-refractivity contribution in [2.24, 2.45) is 0 Å². The predicted molar refractivity (Wildman–Crippen MR) is 42.3 cm³/mol. The lowest BCUT2D eigenvalue weighted by Crippen LogP contribution is -2.39. The molecule has 1 saturated carbocycles. The quantitative estimate of drug-likeness (QED) is 0.532. The fourth-order valence-corrected chi connectivity index (χ4v) is 2.77. The second-order valence-corrected chi connectivity index (χ2v) is 6.21. The fraction of sp³-hybridized carbons (Fsp3) is 1.00. The first-order chi connectivity index (χ1) is 6.06. The van der Waals surface area contributed by atoms with E-state index in [0.717, 1.165) is 0 Å². The zero-order chi connectivity index (χ0) is 11.2. The molecule has 14 heavy (non-hydrogen) atoms. The van der Waals surface area contributed by atoms with E-state index in [-0.39, 0.29) is 6.42 Å². The maximum absolute atomic E-state index is 13.2. The molecule has 84 valence electrons. The highest BCUT2D eigenvalue weighted by Gasteiger charge is 2.61. The van der Waals surface area contributed by atoms with Gasteiger partial charge in [0.2, 0.25) is 14.7 Å². The second-order valence-electron chi connectivity index (χ2n) is 3.30. The van der Waals surface area contributed by atoms with Gasteiger partial charge in [-0.15, -0.1) is 0 Å². The highest BCUT2D eigenvalue weighted by atomic mass is 35.7. The summed E-state index contributed by atoms with van der Waals surface area (Å²) in [5.41, 5.74) is -3.40. The van der Waals surface area contributed by atoms with Crippen molar-refractivity contribution in [1.82, 2.24) is 0 Å². The molecule has 0 aromatic rings.